The van der Waals surface area contributed by atoms with E-state index in [4.69, 9.17) is 24.5 Å². The van der Waals surface area contributed by atoms with Crippen molar-refractivity contribution in [2.75, 3.05) is 13.7 Å². The molecule has 2 aromatic rings. The number of benzene rings is 2. The van der Waals surface area contributed by atoms with Crippen LogP contribution in [-0.4, -0.2) is 64.3 Å². The molecule has 2 unspecified atom stereocenters. The van der Waals surface area contributed by atoms with Crippen molar-refractivity contribution in [2.45, 2.75) is 42.8 Å². The number of methoxy groups -OCH3 is 1. The van der Waals surface area contributed by atoms with Crippen molar-refractivity contribution in [2.24, 2.45) is 5.11 Å². The third-order valence-electron chi connectivity index (χ3n) is 5.23. The van der Waals surface area contributed by atoms with Crippen LogP contribution in [-0.2, 0) is 39.9 Å². The lowest BCUT2D eigenvalue weighted by atomic mass is 9.96. The third-order valence-corrected chi connectivity index (χ3v) is 6.27. The Bertz CT molecular complexity index is 1190. The number of halogens is 3. The number of carbonyl (C=O) groups is 1. The molecule has 5 atom stereocenters. The second-order valence-corrected chi connectivity index (χ2v) is 9.22. The highest BCUT2D eigenvalue weighted by Gasteiger charge is 2.55. The van der Waals surface area contributed by atoms with Crippen molar-refractivity contribution >= 4 is 16.1 Å². The number of nitrogens with zero attached hydrogens (tertiary/aromatic N) is 3. The van der Waals surface area contributed by atoms with Gasteiger partial charge in [-0.1, -0.05) is 53.6 Å². The molecule has 0 aromatic heterocycles. The monoisotopic (exact) mass is 545 g/mol. The van der Waals surface area contributed by atoms with Crippen molar-refractivity contribution in [1.82, 2.24) is 0 Å². The Morgan fingerprint density at radius 2 is 1.70 bits per heavy atom. The molecule has 37 heavy (non-hydrogen) atoms. The summed E-state index contributed by atoms with van der Waals surface area (Å²) < 4.78 is 89.5. The number of carbonyl (C=O) groups excluding carboxylic acids is 1. The van der Waals surface area contributed by atoms with Gasteiger partial charge in [0.1, 0.15) is 24.9 Å². The van der Waals surface area contributed by atoms with Gasteiger partial charge in [0, 0.05) is 12.0 Å². The summed E-state index contributed by atoms with van der Waals surface area (Å²) in [4.78, 5) is 15.0. The first-order valence-electron chi connectivity index (χ1n) is 10.7. The first-order chi connectivity index (χ1) is 17.6. The molecule has 1 saturated heterocycles. The number of esters is 1. The molecule has 0 aliphatic carbocycles. The predicted octanol–water partition coefficient (Wildman–Crippen LogP) is 3.71. The first-order valence-corrected chi connectivity index (χ1v) is 12.1. The highest BCUT2D eigenvalue weighted by molar-refractivity contribution is 7.87. The summed E-state index contributed by atoms with van der Waals surface area (Å²) in [5, 5.41) is 3.46. The molecule has 0 N–H and O–H groups in total. The van der Waals surface area contributed by atoms with Crippen molar-refractivity contribution in [3.05, 3.63) is 82.2 Å². The Balaban J connectivity index is 1.91. The molecule has 1 aliphatic heterocycles. The van der Waals surface area contributed by atoms with Crippen LogP contribution in [0.5, 0.6) is 0 Å². The molecular weight excluding hydrogens is 523 g/mol. The molecule has 0 bridgehead atoms. The zero-order chi connectivity index (χ0) is 27.1. The van der Waals surface area contributed by atoms with Gasteiger partial charge in [-0.2, -0.15) is 21.6 Å². The quantitative estimate of drug-likeness (QED) is 0.110. The fourth-order valence-electron chi connectivity index (χ4n) is 3.49. The Morgan fingerprint density at radius 3 is 2.27 bits per heavy atom. The average molecular weight is 545 g/mol. The van der Waals surface area contributed by atoms with Crippen LogP contribution in [0.1, 0.15) is 15.9 Å². The molecule has 15 heteroatoms. The van der Waals surface area contributed by atoms with Gasteiger partial charge in [-0.15, -0.1) is 0 Å². The van der Waals surface area contributed by atoms with Crippen molar-refractivity contribution in [3.8, 4) is 0 Å². The van der Waals surface area contributed by atoms with E-state index in [-0.39, 0.29) is 12.2 Å². The number of hydrogen-bond acceptors (Lipinski definition) is 9. The maximum absolute atomic E-state index is 13.2. The zero-order valence-corrected chi connectivity index (χ0v) is 20.0. The van der Waals surface area contributed by atoms with E-state index in [1.807, 2.05) is 0 Å². The fourth-order valence-corrected chi connectivity index (χ4v) is 4.13. The average Bonchev–Trinajstić information content (AvgIpc) is 2.88. The van der Waals surface area contributed by atoms with Crippen LogP contribution in [0.4, 0.5) is 13.2 Å². The second-order valence-electron chi connectivity index (χ2n) is 7.66. The molecule has 0 amide bonds. The number of alkyl halides is 3. The predicted molar refractivity (Wildman–Crippen MR) is 120 cm³/mol. The Labute approximate surface area is 209 Å². The summed E-state index contributed by atoms with van der Waals surface area (Å²) in [6.45, 7) is -0.868. The molecule has 0 radical (unpaired) electrons. The minimum Gasteiger partial charge on any atom is -0.459 e. The molecule has 3 rings (SSSR count). The second kappa shape index (κ2) is 12.4. The normalized spacial score (nSPS) is 24.2. The van der Waals surface area contributed by atoms with E-state index in [0.29, 0.717) is 5.56 Å². The molecule has 1 fully saturated rings. The maximum atomic E-state index is 13.2. The van der Waals surface area contributed by atoms with Crippen LogP contribution in [0.15, 0.2) is 65.8 Å². The van der Waals surface area contributed by atoms with Crippen LogP contribution in [0.3, 0.4) is 0 Å². The Kier molecular flexibility index (Phi) is 9.48. The molecule has 1 heterocycles. The van der Waals surface area contributed by atoms with E-state index >= 15 is 0 Å². The summed E-state index contributed by atoms with van der Waals surface area (Å²) in [6.07, 6.45) is -6.48. The zero-order valence-electron chi connectivity index (χ0n) is 19.2. The molecule has 2 aromatic carbocycles. The van der Waals surface area contributed by atoms with E-state index in [2.05, 4.69) is 14.2 Å². The third kappa shape index (κ3) is 7.19. The van der Waals surface area contributed by atoms with E-state index in [1.165, 1.54) is 19.2 Å². The molecule has 0 saturated carbocycles. The van der Waals surface area contributed by atoms with Gasteiger partial charge in [0.15, 0.2) is 6.29 Å². The van der Waals surface area contributed by atoms with E-state index in [0.717, 1.165) is 0 Å². The lowest BCUT2D eigenvalue weighted by Gasteiger charge is -2.43. The van der Waals surface area contributed by atoms with Gasteiger partial charge >= 0.3 is 21.6 Å². The summed E-state index contributed by atoms with van der Waals surface area (Å²) >= 11 is 0. The minimum absolute atomic E-state index is 0.113. The van der Waals surface area contributed by atoms with Crippen LogP contribution in [0, 0.1) is 0 Å². The van der Waals surface area contributed by atoms with Crippen molar-refractivity contribution < 1.29 is 49.5 Å². The molecule has 200 valence electrons. The number of rotatable bonds is 10. The maximum Gasteiger partial charge on any atom is 0.523 e. The van der Waals surface area contributed by atoms with Crippen LogP contribution < -0.4 is 0 Å². The van der Waals surface area contributed by atoms with Crippen molar-refractivity contribution in [3.63, 3.8) is 0 Å². The lowest BCUT2D eigenvalue weighted by molar-refractivity contribution is -0.276. The summed E-state index contributed by atoms with van der Waals surface area (Å²) in [7, 11) is -5.00. The largest absolute Gasteiger partial charge is 0.523 e. The summed E-state index contributed by atoms with van der Waals surface area (Å²) in [5.74, 6) is -0.863. The molecular formula is C22H22F3N3O8S. The fraction of sp³-hybridized carbons (Fsp3) is 0.409. The van der Waals surface area contributed by atoms with Crippen LogP contribution in [0.2, 0.25) is 0 Å². The minimum atomic E-state index is -6.19. The van der Waals surface area contributed by atoms with Crippen molar-refractivity contribution in [1.29, 1.82) is 0 Å². The highest BCUT2D eigenvalue weighted by Crippen LogP contribution is 2.34. The van der Waals surface area contributed by atoms with E-state index < -0.39 is 58.8 Å². The SMILES string of the molecule is CO[C@@H]1OC(COC(=O)c2ccccc2)[C@@H](OS(=O)(=O)C(F)(F)F)[C@H](N=[N+]=[N-])C1OCc1ccccc1. The molecule has 11 nitrogen and oxygen atoms in total. The van der Waals surface area contributed by atoms with Gasteiger partial charge < -0.3 is 18.9 Å². The lowest BCUT2D eigenvalue weighted by Crippen LogP contribution is -2.61. The summed E-state index contributed by atoms with van der Waals surface area (Å²) in [6, 6.07) is 14.5. The van der Waals surface area contributed by atoms with Crippen LogP contribution >= 0.6 is 0 Å². The first kappa shape index (κ1) is 28.4. The topological polar surface area (TPSA) is 146 Å². The van der Waals surface area contributed by atoms with Gasteiger partial charge in [-0.25, -0.2) is 4.79 Å². The highest BCUT2D eigenvalue weighted by atomic mass is 32.2. The van der Waals surface area contributed by atoms with Gasteiger partial charge in [0.2, 0.25) is 0 Å². The number of ether oxygens (including phenoxy) is 4. The smallest absolute Gasteiger partial charge is 0.459 e. The standard InChI is InChI=1S/C22H22F3N3O8S/c1-32-21-19(33-12-14-8-4-2-5-9-14)17(27-28-26)18(36-37(30,31)22(23,24)25)16(35-21)13-34-20(29)15-10-6-3-7-11-15/h2-11,16-19,21H,12-13H2,1H3/t16?,17-,18+,19?,21+/m0/s1. The van der Waals surface area contributed by atoms with E-state index in [9.17, 15) is 26.4 Å². The van der Waals surface area contributed by atoms with Gasteiger partial charge in [-0.3, -0.25) is 4.18 Å². The molecule has 1 aliphatic rings. The van der Waals surface area contributed by atoms with Crippen LogP contribution in [0.25, 0.3) is 10.4 Å². The van der Waals surface area contributed by atoms with Gasteiger partial charge in [0.25, 0.3) is 0 Å². The van der Waals surface area contributed by atoms with Gasteiger partial charge in [0.05, 0.1) is 18.2 Å². The number of hydrogen-bond donors (Lipinski definition) is 0. The molecule has 0 spiro atoms. The van der Waals surface area contributed by atoms with E-state index in [1.54, 1.807) is 48.5 Å². The number of azide groups is 1. The summed E-state index contributed by atoms with van der Waals surface area (Å²) in [5.41, 5.74) is 4.10. The Morgan fingerprint density at radius 1 is 1.08 bits per heavy atom. The Hall–Kier alpha value is -3.20. The van der Waals surface area contributed by atoms with Gasteiger partial charge in [-0.05, 0) is 23.2 Å².